The molecule has 2 fully saturated rings. The summed E-state index contributed by atoms with van der Waals surface area (Å²) in [4.78, 5) is 2.41. The quantitative estimate of drug-likeness (QED) is 0.470. The number of ether oxygens (including phenoxy) is 3. The van der Waals surface area contributed by atoms with Crippen LogP contribution < -0.4 is 0 Å². The van der Waals surface area contributed by atoms with Crippen LogP contribution in [0.4, 0.5) is 0 Å². The van der Waals surface area contributed by atoms with Crippen molar-refractivity contribution in [3.63, 3.8) is 0 Å². The SMILES string of the molecule is C[N+](C)=COC[C@H]1[C@H]2OC(C)(C)O[C@H]2CN1Cc1ccccc1. The van der Waals surface area contributed by atoms with E-state index in [0.717, 1.165) is 13.1 Å². The van der Waals surface area contributed by atoms with E-state index in [1.54, 1.807) is 6.40 Å². The van der Waals surface area contributed by atoms with Crippen molar-refractivity contribution in [1.82, 2.24) is 4.90 Å². The van der Waals surface area contributed by atoms with Crippen molar-refractivity contribution in [2.45, 2.75) is 44.4 Å². The number of hydrogen-bond donors (Lipinski definition) is 0. The van der Waals surface area contributed by atoms with Crippen molar-refractivity contribution >= 4 is 6.40 Å². The molecule has 0 unspecified atom stereocenters. The van der Waals surface area contributed by atoms with E-state index in [-0.39, 0.29) is 18.2 Å². The number of likely N-dealkylation sites (tertiary alicyclic amines) is 1. The minimum atomic E-state index is -0.502. The lowest BCUT2D eigenvalue weighted by Gasteiger charge is -2.29. The first-order chi connectivity index (χ1) is 10.9. The topological polar surface area (TPSA) is 33.9 Å². The van der Waals surface area contributed by atoms with Crippen LogP contribution in [0.1, 0.15) is 19.4 Å². The summed E-state index contributed by atoms with van der Waals surface area (Å²) in [6.45, 7) is 6.33. The van der Waals surface area contributed by atoms with E-state index in [2.05, 4.69) is 29.2 Å². The Balaban J connectivity index is 1.71. The van der Waals surface area contributed by atoms with Gasteiger partial charge in [0.05, 0.1) is 6.04 Å². The molecule has 0 aliphatic carbocycles. The van der Waals surface area contributed by atoms with Crippen molar-refractivity contribution in [1.29, 1.82) is 0 Å². The Kier molecular flexibility index (Phi) is 4.71. The van der Waals surface area contributed by atoms with E-state index in [9.17, 15) is 0 Å². The molecule has 0 amide bonds. The molecule has 0 spiro atoms. The summed E-state index contributed by atoms with van der Waals surface area (Å²) < 4.78 is 19.9. The Morgan fingerprint density at radius 2 is 2.00 bits per heavy atom. The van der Waals surface area contributed by atoms with Crippen LogP contribution >= 0.6 is 0 Å². The van der Waals surface area contributed by atoms with E-state index in [0.29, 0.717) is 6.61 Å². The normalized spacial score (nSPS) is 29.3. The Bertz CT molecular complexity index is 555. The first kappa shape index (κ1) is 16.4. The Labute approximate surface area is 138 Å². The van der Waals surface area contributed by atoms with Crippen LogP contribution in [-0.2, 0) is 20.8 Å². The van der Waals surface area contributed by atoms with Gasteiger partial charge in [0.1, 0.15) is 32.9 Å². The Morgan fingerprint density at radius 1 is 1.26 bits per heavy atom. The van der Waals surface area contributed by atoms with Crippen molar-refractivity contribution in [3.05, 3.63) is 35.9 Å². The molecule has 0 bridgehead atoms. The molecule has 1 aromatic carbocycles. The number of nitrogens with zero attached hydrogens (tertiary/aromatic N) is 2. The molecule has 2 aliphatic heterocycles. The van der Waals surface area contributed by atoms with Gasteiger partial charge in [-0.15, -0.1) is 0 Å². The van der Waals surface area contributed by atoms with Crippen molar-refractivity contribution in [2.75, 3.05) is 27.2 Å². The third-order valence-electron chi connectivity index (χ3n) is 4.27. The van der Waals surface area contributed by atoms with Gasteiger partial charge in [0.25, 0.3) is 0 Å². The summed E-state index contributed by atoms with van der Waals surface area (Å²) in [6, 6.07) is 10.7. The molecule has 0 radical (unpaired) electrons. The minimum Gasteiger partial charge on any atom is -0.449 e. The third-order valence-corrected chi connectivity index (χ3v) is 4.27. The minimum absolute atomic E-state index is 0.0595. The molecule has 5 heteroatoms. The monoisotopic (exact) mass is 319 g/mol. The van der Waals surface area contributed by atoms with Gasteiger partial charge in [-0.2, -0.15) is 0 Å². The van der Waals surface area contributed by atoms with E-state index in [4.69, 9.17) is 14.2 Å². The van der Waals surface area contributed by atoms with Gasteiger partial charge in [0, 0.05) is 13.1 Å². The summed E-state index contributed by atoms with van der Waals surface area (Å²) in [5.41, 5.74) is 1.30. The van der Waals surface area contributed by atoms with Crippen molar-refractivity contribution < 1.29 is 18.8 Å². The van der Waals surface area contributed by atoms with Gasteiger partial charge < -0.3 is 14.2 Å². The Morgan fingerprint density at radius 3 is 2.70 bits per heavy atom. The molecule has 23 heavy (non-hydrogen) atoms. The highest BCUT2D eigenvalue weighted by atomic mass is 16.8. The lowest BCUT2D eigenvalue weighted by molar-refractivity contribution is -0.468. The van der Waals surface area contributed by atoms with Crippen molar-refractivity contribution in [3.8, 4) is 0 Å². The second-order valence-corrected chi connectivity index (χ2v) is 7.02. The van der Waals surface area contributed by atoms with Crippen LogP contribution in [0.2, 0.25) is 0 Å². The van der Waals surface area contributed by atoms with Gasteiger partial charge in [-0.3, -0.25) is 4.90 Å². The van der Waals surface area contributed by atoms with Crippen molar-refractivity contribution in [2.24, 2.45) is 0 Å². The van der Waals surface area contributed by atoms with Crippen LogP contribution in [0.25, 0.3) is 0 Å². The summed E-state index contributed by atoms with van der Waals surface area (Å²) in [7, 11) is 3.91. The molecule has 2 saturated heterocycles. The van der Waals surface area contributed by atoms with Gasteiger partial charge in [0.15, 0.2) is 5.79 Å². The van der Waals surface area contributed by atoms with Gasteiger partial charge in [-0.05, 0) is 19.4 Å². The first-order valence-electron chi connectivity index (χ1n) is 8.19. The summed E-state index contributed by atoms with van der Waals surface area (Å²) >= 11 is 0. The smallest absolute Gasteiger partial charge is 0.323 e. The molecule has 5 nitrogen and oxygen atoms in total. The fourth-order valence-corrected chi connectivity index (χ4v) is 3.40. The van der Waals surface area contributed by atoms with Gasteiger partial charge in [0.2, 0.25) is 0 Å². The van der Waals surface area contributed by atoms with Gasteiger partial charge >= 0.3 is 6.40 Å². The number of hydrogen-bond acceptors (Lipinski definition) is 4. The maximum absolute atomic E-state index is 6.14. The maximum Gasteiger partial charge on any atom is 0.323 e. The van der Waals surface area contributed by atoms with E-state index in [1.165, 1.54) is 5.56 Å². The molecular weight excluding hydrogens is 292 g/mol. The zero-order valence-corrected chi connectivity index (χ0v) is 14.4. The molecule has 2 heterocycles. The second-order valence-electron chi connectivity index (χ2n) is 7.02. The van der Waals surface area contributed by atoms with Crippen LogP contribution in [-0.4, -0.2) is 67.2 Å². The molecular formula is C18H27N2O3+. The van der Waals surface area contributed by atoms with Gasteiger partial charge in [-0.25, -0.2) is 4.58 Å². The zero-order chi connectivity index (χ0) is 16.4. The largest absolute Gasteiger partial charge is 0.449 e. The van der Waals surface area contributed by atoms with Crippen LogP contribution in [0.15, 0.2) is 30.3 Å². The molecule has 0 aromatic heterocycles. The summed E-state index contributed by atoms with van der Waals surface area (Å²) in [5, 5.41) is 0. The predicted octanol–water partition coefficient (Wildman–Crippen LogP) is 1.71. The molecule has 2 aliphatic rings. The highest BCUT2D eigenvalue weighted by Gasteiger charge is 2.52. The molecule has 0 saturated carbocycles. The van der Waals surface area contributed by atoms with E-state index >= 15 is 0 Å². The lowest BCUT2D eigenvalue weighted by atomic mass is 10.1. The fraction of sp³-hybridized carbons (Fsp3) is 0.611. The van der Waals surface area contributed by atoms with E-state index < -0.39 is 5.79 Å². The highest BCUT2D eigenvalue weighted by molar-refractivity contribution is 5.39. The van der Waals surface area contributed by atoms with Crippen LogP contribution in [0.5, 0.6) is 0 Å². The Hall–Kier alpha value is -1.43. The maximum atomic E-state index is 6.14. The average molecular weight is 319 g/mol. The standard InChI is InChI=1S/C18H27N2O3/c1-18(2)22-16-11-20(10-14-8-6-5-7-9-14)15(17(16)23-18)12-21-13-19(3)4/h5-9,13,15-17H,10-12H2,1-4H3/q+1/t15-,16-,17+/m0/s1. The summed E-state index contributed by atoms with van der Waals surface area (Å²) in [5.74, 6) is -0.502. The lowest BCUT2D eigenvalue weighted by Crippen LogP contribution is -2.41. The number of fused-ring (bicyclic) bond motifs is 1. The summed E-state index contributed by atoms with van der Waals surface area (Å²) in [6.07, 6.45) is 1.92. The molecule has 126 valence electrons. The highest BCUT2D eigenvalue weighted by Crippen LogP contribution is 2.37. The first-order valence-corrected chi connectivity index (χ1v) is 8.19. The number of benzene rings is 1. The third kappa shape index (κ3) is 3.91. The second kappa shape index (κ2) is 6.59. The number of rotatable bonds is 5. The zero-order valence-electron chi connectivity index (χ0n) is 14.4. The van der Waals surface area contributed by atoms with Crippen LogP contribution in [0, 0.1) is 0 Å². The van der Waals surface area contributed by atoms with Gasteiger partial charge in [-0.1, -0.05) is 30.3 Å². The van der Waals surface area contributed by atoms with Crippen LogP contribution in [0.3, 0.4) is 0 Å². The molecule has 3 rings (SSSR count). The molecule has 1 aromatic rings. The molecule has 0 N–H and O–H groups in total. The average Bonchev–Trinajstić information content (AvgIpc) is 2.93. The fourth-order valence-electron chi connectivity index (χ4n) is 3.40. The predicted molar refractivity (Wildman–Crippen MR) is 88.6 cm³/mol. The van der Waals surface area contributed by atoms with E-state index in [1.807, 2.05) is 38.6 Å². The molecule has 3 atom stereocenters.